The first-order valence-electron chi connectivity index (χ1n) is 8.05. The molecule has 0 saturated heterocycles. The van der Waals surface area contributed by atoms with E-state index in [1.165, 1.54) is 12.1 Å². The maximum Gasteiger partial charge on any atom is 0.317 e. The molecule has 2 aromatic rings. The van der Waals surface area contributed by atoms with E-state index in [2.05, 4.69) is 21.1 Å². The van der Waals surface area contributed by atoms with Crippen LogP contribution in [0, 0.1) is 10.1 Å². The molecule has 0 fully saturated rings. The van der Waals surface area contributed by atoms with Crippen LogP contribution in [-0.2, 0) is 11.3 Å². The molecular formula is C18H18BrN3O5. The van der Waals surface area contributed by atoms with Gasteiger partial charge in [0.15, 0.2) is 0 Å². The standard InChI is InChI=1S/C18H18BrN3O5/c1-2-21(11-17(23)24)10-14-8-13(6-7-16(14)22(26)27)18(20-25)12-4-3-5-15(19)9-12/h3-9,25H,2,10-11H2,1H3,(H,23,24)/b20-18+. The molecule has 0 aliphatic carbocycles. The summed E-state index contributed by atoms with van der Waals surface area (Å²) in [4.78, 5) is 23.4. The number of nitro benzene ring substituents is 1. The molecule has 2 aromatic carbocycles. The van der Waals surface area contributed by atoms with E-state index in [-0.39, 0.29) is 24.5 Å². The van der Waals surface area contributed by atoms with Crippen LogP contribution in [0.1, 0.15) is 23.6 Å². The van der Waals surface area contributed by atoms with Gasteiger partial charge in [-0.2, -0.15) is 0 Å². The van der Waals surface area contributed by atoms with Crippen molar-refractivity contribution >= 4 is 33.3 Å². The summed E-state index contributed by atoms with van der Waals surface area (Å²) in [5, 5.41) is 33.2. The number of nitro groups is 1. The number of carbonyl (C=O) groups is 1. The minimum atomic E-state index is -1.01. The predicted octanol–water partition coefficient (Wildman–Crippen LogP) is 3.49. The van der Waals surface area contributed by atoms with Crippen molar-refractivity contribution in [2.75, 3.05) is 13.1 Å². The quantitative estimate of drug-likeness (QED) is 0.283. The van der Waals surface area contributed by atoms with Gasteiger partial charge in [0.2, 0.25) is 0 Å². The number of halogens is 1. The Morgan fingerprint density at radius 1 is 1.26 bits per heavy atom. The number of likely N-dealkylation sites (N-methyl/N-ethyl adjacent to an activating group) is 1. The summed E-state index contributed by atoms with van der Waals surface area (Å²) in [5.41, 5.74) is 1.60. The van der Waals surface area contributed by atoms with Crippen molar-refractivity contribution in [2.24, 2.45) is 5.16 Å². The number of benzene rings is 2. The third kappa shape index (κ3) is 5.35. The van der Waals surface area contributed by atoms with E-state index in [9.17, 15) is 20.1 Å². The Bertz CT molecular complexity index is 885. The third-order valence-electron chi connectivity index (χ3n) is 3.95. The number of carboxylic acid groups (broad SMARTS) is 1. The smallest absolute Gasteiger partial charge is 0.317 e. The molecule has 0 radical (unpaired) electrons. The van der Waals surface area contributed by atoms with Crippen LogP contribution in [-0.4, -0.2) is 44.9 Å². The average Bonchev–Trinajstić information content (AvgIpc) is 2.61. The minimum absolute atomic E-state index is 0.0874. The van der Waals surface area contributed by atoms with Crippen molar-refractivity contribution in [1.82, 2.24) is 4.90 Å². The fourth-order valence-corrected chi connectivity index (χ4v) is 3.07. The molecule has 8 nitrogen and oxygen atoms in total. The van der Waals surface area contributed by atoms with Gasteiger partial charge in [0.1, 0.15) is 5.71 Å². The van der Waals surface area contributed by atoms with Gasteiger partial charge in [-0.15, -0.1) is 0 Å². The third-order valence-corrected chi connectivity index (χ3v) is 4.44. The van der Waals surface area contributed by atoms with Crippen molar-refractivity contribution in [1.29, 1.82) is 0 Å². The lowest BCUT2D eigenvalue weighted by molar-refractivity contribution is -0.385. The Kier molecular flexibility index (Phi) is 7.03. The first-order valence-corrected chi connectivity index (χ1v) is 8.84. The maximum atomic E-state index is 11.4. The van der Waals surface area contributed by atoms with Crippen LogP contribution < -0.4 is 0 Å². The molecule has 0 amide bonds. The van der Waals surface area contributed by atoms with Gasteiger partial charge in [0.05, 0.1) is 11.5 Å². The lowest BCUT2D eigenvalue weighted by atomic mass is 9.99. The topological polar surface area (TPSA) is 116 Å². The van der Waals surface area contributed by atoms with E-state index in [1.807, 2.05) is 6.07 Å². The number of rotatable bonds is 8. The molecule has 0 aliphatic rings. The highest BCUT2D eigenvalue weighted by atomic mass is 79.9. The lowest BCUT2D eigenvalue weighted by Crippen LogP contribution is -2.29. The first kappa shape index (κ1) is 20.5. The van der Waals surface area contributed by atoms with E-state index >= 15 is 0 Å². The number of hydrogen-bond donors (Lipinski definition) is 2. The highest BCUT2D eigenvalue weighted by Crippen LogP contribution is 2.24. The number of aliphatic carboxylic acids is 1. The predicted molar refractivity (Wildman–Crippen MR) is 103 cm³/mol. The van der Waals surface area contributed by atoms with Crippen molar-refractivity contribution in [3.63, 3.8) is 0 Å². The van der Waals surface area contributed by atoms with Gasteiger partial charge in [-0.25, -0.2) is 0 Å². The highest BCUT2D eigenvalue weighted by molar-refractivity contribution is 9.10. The SMILES string of the molecule is CCN(CC(=O)O)Cc1cc(/C(=N/O)c2cccc(Br)c2)ccc1[N+](=O)[O-]. The van der Waals surface area contributed by atoms with Crippen LogP contribution in [0.25, 0.3) is 0 Å². The summed E-state index contributed by atoms with van der Waals surface area (Å²) in [7, 11) is 0. The highest BCUT2D eigenvalue weighted by Gasteiger charge is 2.20. The van der Waals surface area contributed by atoms with Crippen LogP contribution in [0.3, 0.4) is 0 Å². The van der Waals surface area contributed by atoms with Crippen LogP contribution in [0.15, 0.2) is 52.1 Å². The monoisotopic (exact) mass is 435 g/mol. The second-order valence-electron chi connectivity index (χ2n) is 5.76. The van der Waals surface area contributed by atoms with Gasteiger partial charge in [0, 0.05) is 33.8 Å². The molecule has 0 aliphatic heterocycles. The zero-order valence-electron chi connectivity index (χ0n) is 14.5. The summed E-state index contributed by atoms with van der Waals surface area (Å²) in [6, 6.07) is 11.5. The largest absolute Gasteiger partial charge is 0.480 e. The van der Waals surface area contributed by atoms with Crippen LogP contribution in [0.4, 0.5) is 5.69 Å². The van der Waals surface area contributed by atoms with Crippen molar-refractivity contribution < 1.29 is 20.0 Å². The maximum absolute atomic E-state index is 11.4. The molecule has 142 valence electrons. The van der Waals surface area contributed by atoms with Crippen LogP contribution in [0.5, 0.6) is 0 Å². The van der Waals surface area contributed by atoms with Gasteiger partial charge >= 0.3 is 5.97 Å². The van der Waals surface area contributed by atoms with Crippen LogP contribution in [0.2, 0.25) is 0 Å². The number of nitrogens with zero attached hydrogens (tertiary/aromatic N) is 3. The molecule has 0 atom stereocenters. The van der Waals surface area contributed by atoms with Gasteiger partial charge < -0.3 is 10.3 Å². The van der Waals surface area contributed by atoms with E-state index in [1.54, 1.807) is 36.1 Å². The lowest BCUT2D eigenvalue weighted by Gasteiger charge is -2.18. The van der Waals surface area contributed by atoms with E-state index in [4.69, 9.17) is 5.11 Å². The normalized spacial score (nSPS) is 11.6. The molecule has 2 rings (SSSR count). The van der Waals surface area contributed by atoms with Crippen molar-refractivity contribution in [3.05, 3.63) is 73.7 Å². The minimum Gasteiger partial charge on any atom is -0.480 e. The summed E-state index contributed by atoms with van der Waals surface area (Å²) >= 11 is 3.35. The van der Waals surface area contributed by atoms with E-state index in [0.29, 0.717) is 23.2 Å². The molecule has 9 heteroatoms. The second kappa shape index (κ2) is 9.24. The average molecular weight is 436 g/mol. The summed E-state index contributed by atoms with van der Waals surface area (Å²) in [6.45, 7) is 2.05. The van der Waals surface area contributed by atoms with Gasteiger partial charge in [-0.05, 0) is 30.8 Å². The summed E-state index contributed by atoms with van der Waals surface area (Å²) in [6.07, 6.45) is 0. The summed E-state index contributed by atoms with van der Waals surface area (Å²) in [5.74, 6) is -1.01. The first-order chi connectivity index (χ1) is 12.8. The molecular weight excluding hydrogens is 418 g/mol. The molecule has 0 heterocycles. The molecule has 27 heavy (non-hydrogen) atoms. The molecule has 0 spiro atoms. The summed E-state index contributed by atoms with van der Waals surface area (Å²) < 4.78 is 0.793. The van der Waals surface area contributed by atoms with Gasteiger partial charge in [0.25, 0.3) is 5.69 Å². The van der Waals surface area contributed by atoms with Crippen molar-refractivity contribution in [3.8, 4) is 0 Å². The van der Waals surface area contributed by atoms with Gasteiger partial charge in [-0.3, -0.25) is 19.8 Å². The fraction of sp³-hybridized carbons (Fsp3) is 0.222. The molecule has 0 saturated carbocycles. The van der Waals surface area contributed by atoms with Crippen molar-refractivity contribution in [2.45, 2.75) is 13.5 Å². The second-order valence-corrected chi connectivity index (χ2v) is 6.67. The fourth-order valence-electron chi connectivity index (χ4n) is 2.67. The zero-order valence-corrected chi connectivity index (χ0v) is 16.1. The zero-order chi connectivity index (χ0) is 20.0. The Labute approximate surface area is 164 Å². The molecule has 0 bridgehead atoms. The number of hydrogen-bond acceptors (Lipinski definition) is 6. The van der Waals surface area contributed by atoms with E-state index < -0.39 is 10.9 Å². The van der Waals surface area contributed by atoms with Gasteiger partial charge in [-0.1, -0.05) is 40.1 Å². The van der Waals surface area contributed by atoms with Crippen LogP contribution >= 0.6 is 15.9 Å². The Balaban J connectivity index is 2.47. The molecule has 2 N–H and O–H groups in total. The Morgan fingerprint density at radius 3 is 2.52 bits per heavy atom. The number of oxime groups is 1. The Hall–Kier alpha value is -2.78. The van der Waals surface area contributed by atoms with E-state index in [0.717, 1.165) is 4.47 Å². The number of carboxylic acids is 1. The molecule has 0 aromatic heterocycles. The Morgan fingerprint density at radius 2 is 1.96 bits per heavy atom. The molecule has 0 unspecified atom stereocenters.